The van der Waals surface area contributed by atoms with E-state index in [1.165, 1.54) is 12.8 Å². The van der Waals surface area contributed by atoms with Crippen molar-refractivity contribution in [3.05, 3.63) is 28.2 Å². The van der Waals surface area contributed by atoms with Crippen LogP contribution in [0.5, 0.6) is 0 Å². The Balaban J connectivity index is 2.08. The summed E-state index contributed by atoms with van der Waals surface area (Å²) in [6.07, 6.45) is 2.52. The van der Waals surface area contributed by atoms with Gasteiger partial charge in [-0.2, -0.15) is 5.26 Å². The van der Waals surface area contributed by atoms with E-state index in [1.807, 2.05) is 18.2 Å². The van der Waals surface area contributed by atoms with Crippen LogP contribution in [0.2, 0.25) is 0 Å². The predicted molar refractivity (Wildman–Crippen MR) is 73.2 cm³/mol. The van der Waals surface area contributed by atoms with E-state index in [0.29, 0.717) is 11.6 Å². The van der Waals surface area contributed by atoms with Gasteiger partial charge in [-0.1, -0.05) is 0 Å². The maximum absolute atomic E-state index is 8.83. The highest BCUT2D eigenvalue weighted by molar-refractivity contribution is 9.10. The zero-order valence-corrected chi connectivity index (χ0v) is 11.5. The first-order valence-electron chi connectivity index (χ1n) is 5.85. The Morgan fingerprint density at radius 3 is 3.00 bits per heavy atom. The van der Waals surface area contributed by atoms with Crippen LogP contribution >= 0.6 is 15.9 Å². The molecule has 0 aliphatic carbocycles. The SMILES string of the molecule is CN(CC1CCCN1)c1ccc(C#N)cc1Br. The second-order valence-electron chi connectivity index (χ2n) is 4.45. The van der Waals surface area contributed by atoms with Gasteiger partial charge in [-0.05, 0) is 53.5 Å². The molecule has 1 saturated heterocycles. The summed E-state index contributed by atoms with van der Waals surface area (Å²) in [5, 5.41) is 12.3. The Morgan fingerprint density at radius 1 is 1.59 bits per heavy atom. The van der Waals surface area contributed by atoms with Crippen molar-refractivity contribution in [3.8, 4) is 6.07 Å². The third-order valence-corrected chi connectivity index (χ3v) is 3.78. The first-order valence-corrected chi connectivity index (χ1v) is 6.64. The standard InChI is InChI=1S/C13H16BrN3/c1-17(9-11-3-2-6-16-11)13-5-4-10(8-15)7-12(13)14/h4-5,7,11,16H,2-3,6,9H2,1H3. The van der Waals surface area contributed by atoms with E-state index >= 15 is 0 Å². The highest BCUT2D eigenvalue weighted by atomic mass is 79.9. The summed E-state index contributed by atoms with van der Waals surface area (Å²) in [5.74, 6) is 0. The minimum atomic E-state index is 0.586. The van der Waals surface area contributed by atoms with E-state index in [2.05, 4.69) is 39.3 Å². The summed E-state index contributed by atoms with van der Waals surface area (Å²) in [7, 11) is 2.09. The molecule has 0 saturated carbocycles. The number of rotatable bonds is 3. The van der Waals surface area contributed by atoms with Crippen molar-refractivity contribution < 1.29 is 0 Å². The quantitative estimate of drug-likeness (QED) is 0.931. The molecule has 17 heavy (non-hydrogen) atoms. The van der Waals surface area contributed by atoms with E-state index in [1.54, 1.807) is 0 Å². The fourth-order valence-electron chi connectivity index (χ4n) is 2.23. The number of anilines is 1. The lowest BCUT2D eigenvalue weighted by atomic mass is 10.2. The first kappa shape index (κ1) is 12.4. The molecule has 0 aromatic heterocycles. The fraction of sp³-hybridized carbons (Fsp3) is 0.462. The van der Waals surface area contributed by atoms with Crippen LogP contribution in [0.4, 0.5) is 5.69 Å². The summed E-state index contributed by atoms with van der Waals surface area (Å²) in [6, 6.07) is 8.46. The molecule has 2 rings (SSSR count). The van der Waals surface area contributed by atoms with Gasteiger partial charge in [0.05, 0.1) is 17.3 Å². The molecular weight excluding hydrogens is 278 g/mol. The number of nitrogens with one attached hydrogen (secondary N) is 1. The van der Waals surface area contributed by atoms with Crippen molar-refractivity contribution in [2.45, 2.75) is 18.9 Å². The maximum atomic E-state index is 8.83. The summed E-state index contributed by atoms with van der Waals surface area (Å²) < 4.78 is 0.983. The fourth-order valence-corrected chi connectivity index (χ4v) is 2.91. The monoisotopic (exact) mass is 293 g/mol. The molecule has 1 fully saturated rings. The van der Waals surface area contributed by atoms with Gasteiger partial charge in [0.1, 0.15) is 0 Å². The molecule has 1 aliphatic rings. The lowest BCUT2D eigenvalue weighted by Gasteiger charge is -2.24. The van der Waals surface area contributed by atoms with Crippen LogP contribution < -0.4 is 10.2 Å². The third kappa shape index (κ3) is 2.99. The normalized spacial score (nSPS) is 19.0. The van der Waals surface area contributed by atoms with Crippen molar-refractivity contribution in [2.75, 3.05) is 25.0 Å². The van der Waals surface area contributed by atoms with Crippen molar-refractivity contribution >= 4 is 21.6 Å². The van der Waals surface area contributed by atoms with Crippen LogP contribution in [0.15, 0.2) is 22.7 Å². The molecular formula is C13H16BrN3. The molecule has 0 spiro atoms. The van der Waals surface area contributed by atoms with E-state index in [9.17, 15) is 0 Å². The van der Waals surface area contributed by atoms with Crippen molar-refractivity contribution in [2.24, 2.45) is 0 Å². The molecule has 3 nitrogen and oxygen atoms in total. The molecule has 1 N–H and O–H groups in total. The van der Waals surface area contributed by atoms with Gasteiger partial charge in [-0.25, -0.2) is 0 Å². The van der Waals surface area contributed by atoms with E-state index in [-0.39, 0.29) is 0 Å². The molecule has 0 bridgehead atoms. The Bertz CT molecular complexity index is 433. The number of halogens is 1. The maximum Gasteiger partial charge on any atom is 0.0992 e. The van der Waals surface area contributed by atoms with Crippen molar-refractivity contribution in [1.82, 2.24) is 5.32 Å². The van der Waals surface area contributed by atoms with Gasteiger partial charge < -0.3 is 10.2 Å². The van der Waals surface area contributed by atoms with Crippen LogP contribution in [0.25, 0.3) is 0 Å². The number of nitrogens with zero attached hydrogens (tertiary/aromatic N) is 2. The number of hydrogen-bond donors (Lipinski definition) is 1. The van der Waals surface area contributed by atoms with Crippen LogP contribution in [0.1, 0.15) is 18.4 Å². The van der Waals surface area contributed by atoms with Crippen LogP contribution in [0, 0.1) is 11.3 Å². The zero-order valence-electron chi connectivity index (χ0n) is 9.91. The average Bonchev–Trinajstić information content (AvgIpc) is 2.81. The van der Waals surface area contributed by atoms with Crippen molar-refractivity contribution in [1.29, 1.82) is 5.26 Å². The van der Waals surface area contributed by atoms with Gasteiger partial charge in [0.25, 0.3) is 0 Å². The van der Waals surface area contributed by atoms with Crippen LogP contribution in [-0.2, 0) is 0 Å². The molecule has 0 amide bonds. The zero-order chi connectivity index (χ0) is 12.3. The van der Waals surface area contributed by atoms with E-state index in [0.717, 1.165) is 23.2 Å². The summed E-state index contributed by atoms with van der Waals surface area (Å²) in [6.45, 7) is 2.14. The van der Waals surface area contributed by atoms with E-state index < -0.39 is 0 Å². The number of nitriles is 1. The molecule has 1 atom stereocenters. The lowest BCUT2D eigenvalue weighted by molar-refractivity contribution is 0.599. The Labute approximate surface area is 111 Å². The molecule has 1 heterocycles. The van der Waals surface area contributed by atoms with Gasteiger partial charge in [-0.15, -0.1) is 0 Å². The summed E-state index contributed by atoms with van der Waals surface area (Å²) in [5.41, 5.74) is 1.82. The molecule has 1 unspecified atom stereocenters. The lowest BCUT2D eigenvalue weighted by Crippen LogP contribution is -2.35. The third-order valence-electron chi connectivity index (χ3n) is 3.14. The molecule has 1 aliphatic heterocycles. The van der Waals surface area contributed by atoms with E-state index in [4.69, 9.17) is 5.26 Å². The molecule has 4 heteroatoms. The Hall–Kier alpha value is -1.05. The van der Waals surface area contributed by atoms with Crippen LogP contribution in [0.3, 0.4) is 0 Å². The van der Waals surface area contributed by atoms with Gasteiger partial charge in [0.2, 0.25) is 0 Å². The second-order valence-corrected chi connectivity index (χ2v) is 5.31. The highest BCUT2D eigenvalue weighted by Crippen LogP contribution is 2.27. The largest absolute Gasteiger partial charge is 0.372 e. The minimum absolute atomic E-state index is 0.586. The Morgan fingerprint density at radius 2 is 2.41 bits per heavy atom. The first-order chi connectivity index (χ1) is 8.20. The molecule has 90 valence electrons. The Kier molecular flexibility index (Phi) is 4.03. The van der Waals surface area contributed by atoms with Crippen molar-refractivity contribution in [3.63, 3.8) is 0 Å². The number of benzene rings is 1. The predicted octanol–water partition coefficient (Wildman–Crippen LogP) is 2.51. The number of likely N-dealkylation sites (N-methyl/N-ethyl adjacent to an activating group) is 1. The topological polar surface area (TPSA) is 39.1 Å². The van der Waals surface area contributed by atoms with Gasteiger partial charge in [-0.3, -0.25) is 0 Å². The van der Waals surface area contributed by atoms with Gasteiger partial charge in [0.15, 0.2) is 0 Å². The summed E-state index contributed by atoms with van der Waals surface area (Å²) >= 11 is 3.52. The van der Waals surface area contributed by atoms with Gasteiger partial charge >= 0.3 is 0 Å². The molecule has 0 radical (unpaired) electrons. The second kappa shape index (κ2) is 5.52. The number of hydrogen-bond acceptors (Lipinski definition) is 3. The summed E-state index contributed by atoms with van der Waals surface area (Å²) in [4.78, 5) is 2.23. The van der Waals surface area contributed by atoms with Crippen LogP contribution in [-0.4, -0.2) is 26.2 Å². The molecule has 1 aromatic rings. The average molecular weight is 294 g/mol. The minimum Gasteiger partial charge on any atom is -0.372 e. The smallest absolute Gasteiger partial charge is 0.0992 e. The highest BCUT2D eigenvalue weighted by Gasteiger charge is 2.17. The van der Waals surface area contributed by atoms with Gasteiger partial charge in [0, 0.05) is 24.1 Å². The molecule has 1 aromatic carbocycles.